The van der Waals surface area contributed by atoms with Gasteiger partial charge in [0.05, 0.1) is 0 Å². The van der Waals surface area contributed by atoms with E-state index < -0.39 is 0 Å². The zero-order valence-corrected chi connectivity index (χ0v) is 19.2. The molecule has 0 saturated carbocycles. The average molecular weight is 397 g/mol. The molecule has 0 amide bonds. The number of rotatable bonds is 11. The molecule has 2 aromatic carbocycles. The lowest BCUT2D eigenvalue weighted by molar-refractivity contribution is 0.127. The van der Waals surface area contributed by atoms with Crippen LogP contribution in [0.15, 0.2) is 48.5 Å². The summed E-state index contributed by atoms with van der Waals surface area (Å²) in [7, 11) is 4.31. The molecule has 0 fully saturated rings. The Balaban J connectivity index is 2.29. The lowest BCUT2D eigenvalue weighted by atomic mass is 9.98. The van der Waals surface area contributed by atoms with E-state index in [-0.39, 0.29) is 0 Å². The summed E-state index contributed by atoms with van der Waals surface area (Å²) in [5.74, 6) is 1.64. The molecule has 0 heterocycles. The third-order valence-corrected chi connectivity index (χ3v) is 5.15. The van der Waals surface area contributed by atoms with E-state index in [2.05, 4.69) is 81.9 Å². The molecule has 1 atom stereocenters. The molecule has 3 nitrogen and oxygen atoms in total. The van der Waals surface area contributed by atoms with Crippen molar-refractivity contribution < 1.29 is 5.11 Å². The SMILES string of the molecule is CC(C)Cc1cccc(CN(Cc2cccc(O)c2)[C@@H](CC(C)C)CN(C)C)c1. The molecule has 0 spiro atoms. The second kappa shape index (κ2) is 11.4. The van der Waals surface area contributed by atoms with Crippen molar-refractivity contribution in [2.45, 2.75) is 59.7 Å². The summed E-state index contributed by atoms with van der Waals surface area (Å²) in [6.45, 7) is 12.0. The summed E-state index contributed by atoms with van der Waals surface area (Å²) in [5.41, 5.74) is 3.95. The van der Waals surface area contributed by atoms with Gasteiger partial charge in [0, 0.05) is 25.7 Å². The van der Waals surface area contributed by atoms with Gasteiger partial charge in [0.15, 0.2) is 0 Å². The molecular weight excluding hydrogens is 356 g/mol. The molecule has 0 bridgehead atoms. The third kappa shape index (κ3) is 8.59. The predicted octanol–water partition coefficient (Wildman–Crippen LogP) is 5.57. The van der Waals surface area contributed by atoms with E-state index in [0.29, 0.717) is 23.6 Å². The maximum Gasteiger partial charge on any atom is 0.115 e. The van der Waals surface area contributed by atoms with Gasteiger partial charge < -0.3 is 10.0 Å². The molecule has 0 aliphatic rings. The highest BCUT2D eigenvalue weighted by Crippen LogP contribution is 2.22. The lowest BCUT2D eigenvalue weighted by Gasteiger charge is -2.35. The zero-order chi connectivity index (χ0) is 21.4. The van der Waals surface area contributed by atoms with Crippen LogP contribution in [0.1, 0.15) is 50.8 Å². The van der Waals surface area contributed by atoms with Gasteiger partial charge in [0.25, 0.3) is 0 Å². The average Bonchev–Trinajstić information content (AvgIpc) is 2.59. The van der Waals surface area contributed by atoms with Crippen molar-refractivity contribution in [1.82, 2.24) is 9.80 Å². The Morgan fingerprint density at radius 3 is 1.93 bits per heavy atom. The second-order valence-corrected chi connectivity index (χ2v) is 9.54. The van der Waals surface area contributed by atoms with Crippen LogP contribution < -0.4 is 0 Å². The molecule has 3 heteroatoms. The van der Waals surface area contributed by atoms with E-state index in [1.807, 2.05) is 12.1 Å². The van der Waals surface area contributed by atoms with E-state index in [1.165, 1.54) is 11.1 Å². The maximum atomic E-state index is 9.94. The number of phenols is 1. The molecule has 1 N–H and O–H groups in total. The maximum absolute atomic E-state index is 9.94. The van der Waals surface area contributed by atoms with Crippen molar-refractivity contribution >= 4 is 0 Å². The van der Waals surface area contributed by atoms with Crippen LogP contribution in [-0.4, -0.2) is 41.6 Å². The highest BCUT2D eigenvalue weighted by atomic mass is 16.3. The summed E-state index contributed by atoms with van der Waals surface area (Å²) >= 11 is 0. The first-order chi connectivity index (χ1) is 13.7. The number of nitrogens with zero attached hydrogens (tertiary/aromatic N) is 2. The fourth-order valence-electron chi connectivity index (χ4n) is 4.07. The Morgan fingerprint density at radius 2 is 1.38 bits per heavy atom. The molecule has 0 saturated heterocycles. The van der Waals surface area contributed by atoms with Crippen molar-refractivity contribution in [2.24, 2.45) is 11.8 Å². The minimum Gasteiger partial charge on any atom is -0.508 e. The molecule has 0 aliphatic carbocycles. The predicted molar refractivity (Wildman–Crippen MR) is 124 cm³/mol. The van der Waals surface area contributed by atoms with Gasteiger partial charge in [-0.1, -0.05) is 64.1 Å². The molecule has 160 valence electrons. The quantitative estimate of drug-likeness (QED) is 0.538. The van der Waals surface area contributed by atoms with Crippen LogP contribution in [0.2, 0.25) is 0 Å². The number of hydrogen-bond acceptors (Lipinski definition) is 3. The van der Waals surface area contributed by atoms with Crippen LogP contribution in [0.5, 0.6) is 5.75 Å². The number of phenolic OH excluding ortho intramolecular Hbond substituents is 1. The lowest BCUT2D eigenvalue weighted by Crippen LogP contribution is -2.42. The van der Waals surface area contributed by atoms with Crippen LogP contribution in [0, 0.1) is 11.8 Å². The van der Waals surface area contributed by atoms with E-state index in [4.69, 9.17) is 0 Å². The first kappa shape index (κ1) is 23.4. The third-order valence-electron chi connectivity index (χ3n) is 5.15. The van der Waals surface area contributed by atoms with Crippen LogP contribution in [0.3, 0.4) is 0 Å². The fourth-order valence-corrected chi connectivity index (χ4v) is 4.07. The standard InChI is InChI=1S/C26H40N2O/c1-20(2)13-22-9-7-10-23(15-22)17-28(18-24-11-8-12-26(29)16-24)25(14-21(3)4)19-27(5)6/h7-12,15-16,20-21,25,29H,13-14,17-19H2,1-6H3/t25-/m0/s1. The van der Waals surface area contributed by atoms with Crippen molar-refractivity contribution in [2.75, 3.05) is 20.6 Å². The van der Waals surface area contributed by atoms with E-state index in [9.17, 15) is 5.11 Å². The van der Waals surface area contributed by atoms with Gasteiger partial charge >= 0.3 is 0 Å². The highest BCUT2D eigenvalue weighted by molar-refractivity contribution is 5.28. The normalized spacial score (nSPS) is 13.0. The van der Waals surface area contributed by atoms with Crippen molar-refractivity contribution in [1.29, 1.82) is 0 Å². The zero-order valence-electron chi connectivity index (χ0n) is 19.2. The van der Waals surface area contributed by atoms with Gasteiger partial charge in [-0.2, -0.15) is 0 Å². The summed E-state index contributed by atoms with van der Waals surface area (Å²) in [6, 6.07) is 17.2. The van der Waals surface area contributed by atoms with Crippen LogP contribution in [0.25, 0.3) is 0 Å². The molecule has 0 unspecified atom stereocenters. The summed E-state index contributed by atoms with van der Waals surface area (Å²) < 4.78 is 0. The number of aromatic hydroxyl groups is 1. The van der Waals surface area contributed by atoms with Gasteiger partial charge in [-0.25, -0.2) is 0 Å². The highest BCUT2D eigenvalue weighted by Gasteiger charge is 2.21. The Morgan fingerprint density at radius 1 is 0.793 bits per heavy atom. The van der Waals surface area contributed by atoms with E-state index in [1.54, 1.807) is 6.07 Å². The second-order valence-electron chi connectivity index (χ2n) is 9.54. The summed E-state index contributed by atoms with van der Waals surface area (Å²) in [4.78, 5) is 4.88. The Hall–Kier alpha value is -1.84. The van der Waals surface area contributed by atoms with Crippen molar-refractivity contribution in [3.63, 3.8) is 0 Å². The smallest absolute Gasteiger partial charge is 0.115 e. The Bertz CT molecular complexity index is 729. The first-order valence-corrected chi connectivity index (χ1v) is 11.0. The molecule has 29 heavy (non-hydrogen) atoms. The Labute approximate surface area is 178 Å². The number of likely N-dealkylation sites (N-methyl/N-ethyl adjacent to an activating group) is 1. The molecule has 2 aromatic rings. The molecule has 0 radical (unpaired) electrons. The van der Waals surface area contributed by atoms with E-state index >= 15 is 0 Å². The van der Waals surface area contributed by atoms with Gasteiger partial charge in [0.2, 0.25) is 0 Å². The van der Waals surface area contributed by atoms with Crippen molar-refractivity contribution in [3.8, 4) is 5.75 Å². The molecule has 0 aliphatic heterocycles. The van der Waals surface area contributed by atoms with Gasteiger partial charge in [-0.15, -0.1) is 0 Å². The van der Waals surface area contributed by atoms with Gasteiger partial charge in [0.1, 0.15) is 5.75 Å². The number of benzene rings is 2. The minimum absolute atomic E-state index is 0.342. The van der Waals surface area contributed by atoms with E-state index in [0.717, 1.165) is 38.0 Å². The monoisotopic (exact) mass is 396 g/mol. The minimum atomic E-state index is 0.342. The van der Waals surface area contributed by atoms with Crippen LogP contribution >= 0.6 is 0 Å². The molecule has 0 aromatic heterocycles. The Kier molecular flexibility index (Phi) is 9.19. The van der Waals surface area contributed by atoms with Crippen molar-refractivity contribution in [3.05, 3.63) is 65.2 Å². The fraction of sp³-hybridized carbons (Fsp3) is 0.538. The summed E-state index contributed by atoms with van der Waals surface area (Å²) in [5, 5.41) is 9.94. The summed E-state index contributed by atoms with van der Waals surface area (Å²) in [6.07, 6.45) is 2.27. The topological polar surface area (TPSA) is 26.7 Å². The first-order valence-electron chi connectivity index (χ1n) is 11.0. The van der Waals surface area contributed by atoms with Crippen LogP contribution in [-0.2, 0) is 19.5 Å². The largest absolute Gasteiger partial charge is 0.508 e. The van der Waals surface area contributed by atoms with Gasteiger partial charge in [-0.3, -0.25) is 4.90 Å². The molecular formula is C26H40N2O. The van der Waals surface area contributed by atoms with Gasteiger partial charge in [-0.05, 0) is 67.6 Å². The van der Waals surface area contributed by atoms with Crippen LogP contribution in [0.4, 0.5) is 0 Å². The number of hydrogen-bond donors (Lipinski definition) is 1. The molecule has 2 rings (SSSR count).